The first-order valence-corrected chi connectivity index (χ1v) is 5.70. The summed E-state index contributed by atoms with van der Waals surface area (Å²) in [5, 5.41) is 0. The van der Waals surface area contributed by atoms with E-state index in [4.69, 9.17) is 5.73 Å². The molecule has 0 aliphatic rings. The topological polar surface area (TPSA) is 43.8 Å². The van der Waals surface area contributed by atoms with E-state index in [1.54, 1.807) is 12.1 Å². The molecule has 0 saturated heterocycles. The second-order valence-corrected chi connectivity index (χ2v) is 4.08. The van der Waals surface area contributed by atoms with Crippen LogP contribution in [0.5, 0.6) is 0 Å². The Kier molecular flexibility index (Phi) is 3.13. The summed E-state index contributed by atoms with van der Waals surface area (Å²) in [6.07, 6.45) is 1.91. The van der Waals surface area contributed by atoms with Crippen LogP contribution in [-0.2, 0) is 13.5 Å². The number of nitrogen functional groups attached to an aromatic ring is 1. The molecule has 0 radical (unpaired) electrons. The van der Waals surface area contributed by atoms with Crippen LogP contribution < -0.4 is 5.73 Å². The van der Waals surface area contributed by atoms with Crippen LogP contribution in [0.1, 0.15) is 19.2 Å². The molecule has 1 aromatic carbocycles. The first kappa shape index (κ1) is 11.6. The van der Waals surface area contributed by atoms with Crippen molar-refractivity contribution in [1.82, 2.24) is 9.55 Å². The Morgan fingerprint density at radius 1 is 1.29 bits per heavy atom. The van der Waals surface area contributed by atoms with Crippen molar-refractivity contribution in [1.29, 1.82) is 0 Å². The van der Waals surface area contributed by atoms with E-state index in [0.717, 1.165) is 29.9 Å². The number of nitrogens with two attached hydrogens (primary N) is 1. The number of hydrogen-bond acceptors (Lipinski definition) is 2. The van der Waals surface area contributed by atoms with Crippen molar-refractivity contribution in [3.63, 3.8) is 0 Å². The molecular formula is C13H16FN3. The lowest BCUT2D eigenvalue weighted by Crippen LogP contribution is -2.01. The average molecular weight is 233 g/mol. The molecule has 17 heavy (non-hydrogen) atoms. The zero-order valence-corrected chi connectivity index (χ0v) is 10.1. The Bertz CT molecular complexity index is 514. The predicted molar refractivity (Wildman–Crippen MR) is 67.0 cm³/mol. The second-order valence-electron chi connectivity index (χ2n) is 4.08. The molecule has 0 bridgehead atoms. The van der Waals surface area contributed by atoms with E-state index >= 15 is 0 Å². The third kappa shape index (κ3) is 2.16. The molecule has 90 valence electrons. The third-order valence-electron chi connectivity index (χ3n) is 2.82. The minimum Gasteiger partial charge on any atom is -0.383 e. The van der Waals surface area contributed by atoms with Gasteiger partial charge in [0.05, 0.1) is 0 Å². The van der Waals surface area contributed by atoms with Crippen LogP contribution in [0.25, 0.3) is 11.3 Å². The van der Waals surface area contributed by atoms with E-state index in [1.807, 2.05) is 11.6 Å². The molecule has 2 rings (SSSR count). The van der Waals surface area contributed by atoms with Crippen LogP contribution in [-0.4, -0.2) is 9.55 Å². The average Bonchev–Trinajstić information content (AvgIpc) is 2.59. The van der Waals surface area contributed by atoms with Crippen molar-refractivity contribution in [3.8, 4) is 11.3 Å². The summed E-state index contributed by atoms with van der Waals surface area (Å²) in [6, 6.07) is 6.24. The second kappa shape index (κ2) is 4.57. The van der Waals surface area contributed by atoms with Crippen molar-refractivity contribution < 1.29 is 4.39 Å². The molecule has 0 unspecified atom stereocenters. The highest BCUT2D eigenvalue weighted by atomic mass is 19.1. The van der Waals surface area contributed by atoms with E-state index in [0.29, 0.717) is 5.82 Å². The molecule has 0 saturated carbocycles. The van der Waals surface area contributed by atoms with Gasteiger partial charge in [-0.2, -0.15) is 0 Å². The monoisotopic (exact) mass is 233 g/mol. The SMILES string of the molecule is CCCc1nc(-c2ccc(F)cc2)c(N)n1C. The van der Waals surface area contributed by atoms with Gasteiger partial charge in [-0.1, -0.05) is 6.92 Å². The number of imidazole rings is 1. The molecule has 0 atom stereocenters. The first-order valence-electron chi connectivity index (χ1n) is 5.70. The van der Waals surface area contributed by atoms with E-state index in [-0.39, 0.29) is 5.82 Å². The standard InChI is InChI=1S/C13H16FN3/c1-3-4-11-16-12(13(15)17(11)2)9-5-7-10(14)8-6-9/h5-8H,3-4,15H2,1-2H3. The predicted octanol–water partition coefficient (Wildman–Crippen LogP) is 2.76. The van der Waals surface area contributed by atoms with Gasteiger partial charge in [0.1, 0.15) is 23.2 Å². The Balaban J connectivity index is 2.45. The number of rotatable bonds is 3. The molecular weight excluding hydrogens is 217 g/mol. The van der Waals surface area contributed by atoms with Crippen LogP contribution in [0.3, 0.4) is 0 Å². The van der Waals surface area contributed by atoms with Gasteiger partial charge in [-0.25, -0.2) is 9.37 Å². The number of nitrogens with zero attached hydrogens (tertiary/aromatic N) is 2. The van der Waals surface area contributed by atoms with E-state index in [2.05, 4.69) is 11.9 Å². The van der Waals surface area contributed by atoms with Crippen molar-refractivity contribution in [2.75, 3.05) is 5.73 Å². The summed E-state index contributed by atoms with van der Waals surface area (Å²) in [7, 11) is 1.90. The van der Waals surface area contributed by atoms with Gasteiger partial charge in [-0.3, -0.25) is 0 Å². The lowest BCUT2D eigenvalue weighted by atomic mass is 10.1. The molecule has 0 fully saturated rings. The number of benzene rings is 1. The van der Waals surface area contributed by atoms with Gasteiger partial charge in [0.25, 0.3) is 0 Å². The van der Waals surface area contributed by atoms with Crippen molar-refractivity contribution in [3.05, 3.63) is 35.9 Å². The third-order valence-corrected chi connectivity index (χ3v) is 2.82. The normalized spacial score (nSPS) is 10.8. The molecule has 3 nitrogen and oxygen atoms in total. The maximum Gasteiger partial charge on any atom is 0.131 e. The van der Waals surface area contributed by atoms with Crippen LogP contribution >= 0.6 is 0 Å². The van der Waals surface area contributed by atoms with Crippen LogP contribution in [0.2, 0.25) is 0 Å². The van der Waals surface area contributed by atoms with Gasteiger partial charge < -0.3 is 10.3 Å². The highest BCUT2D eigenvalue weighted by Crippen LogP contribution is 2.26. The molecule has 1 heterocycles. The maximum absolute atomic E-state index is 12.9. The molecule has 4 heteroatoms. The zero-order valence-electron chi connectivity index (χ0n) is 10.1. The smallest absolute Gasteiger partial charge is 0.131 e. The maximum atomic E-state index is 12.9. The number of anilines is 1. The van der Waals surface area contributed by atoms with Gasteiger partial charge in [-0.05, 0) is 30.7 Å². The molecule has 2 aromatic rings. The number of halogens is 1. The lowest BCUT2D eigenvalue weighted by Gasteiger charge is -2.01. The van der Waals surface area contributed by atoms with E-state index in [1.165, 1.54) is 12.1 Å². The van der Waals surface area contributed by atoms with Gasteiger partial charge in [0, 0.05) is 19.0 Å². The van der Waals surface area contributed by atoms with Crippen molar-refractivity contribution >= 4 is 5.82 Å². The molecule has 2 N–H and O–H groups in total. The number of aromatic nitrogens is 2. The fourth-order valence-electron chi connectivity index (χ4n) is 1.83. The Morgan fingerprint density at radius 3 is 2.53 bits per heavy atom. The number of aryl methyl sites for hydroxylation is 1. The first-order chi connectivity index (χ1) is 8.13. The summed E-state index contributed by atoms with van der Waals surface area (Å²) < 4.78 is 14.7. The molecule has 1 aromatic heterocycles. The summed E-state index contributed by atoms with van der Waals surface area (Å²) in [5.41, 5.74) is 7.59. The van der Waals surface area contributed by atoms with Gasteiger partial charge >= 0.3 is 0 Å². The molecule has 0 spiro atoms. The van der Waals surface area contributed by atoms with E-state index < -0.39 is 0 Å². The summed E-state index contributed by atoms with van der Waals surface area (Å²) in [4.78, 5) is 4.51. The summed E-state index contributed by atoms with van der Waals surface area (Å²) in [6.45, 7) is 2.10. The van der Waals surface area contributed by atoms with E-state index in [9.17, 15) is 4.39 Å². The lowest BCUT2D eigenvalue weighted by molar-refractivity contribution is 0.628. The van der Waals surface area contributed by atoms with Crippen LogP contribution in [0.4, 0.5) is 10.2 Å². The van der Waals surface area contributed by atoms with Gasteiger partial charge in [0.2, 0.25) is 0 Å². The van der Waals surface area contributed by atoms with Crippen LogP contribution in [0, 0.1) is 5.82 Å². The molecule has 0 amide bonds. The minimum absolute atomic E-state index is 0.253. The largest absolute Gasteiger partial charge is 0.383 e. The Labute approximate surface area is 100 Å². The molecule has 0 aliphatic carbocycles. The summed E-state index contributed by atoms with van der Waals surface area (Å²) >= 11 is 0. The van der Waals surface area contributed by atoms with Crippen LogP contribution in [0.15, 0.2) is 24.3 Å². The Morgan fingerprint density at radius 2 is 1.94 bits per heavy atom. The number of hydrogen-bond donors (Lipinski definition) is 1. The van der Waals surface area contributed by atoms with Gasteiger partial charge in [0.15, 0.2) is 0 Å². The quantitative estimate of drug-likeness (QED) is 0.885. The fourth-order valence-corrected chi connectivity index (χ4v) is 1.83. The highest BCUT2D eigenvalue weighted by molar-refractivity contribution is 5.70. The zero-order chi connectivity index (χ0) is 12.4. The molecule has 0 aliphatic heterocycles. The minimum atomic E-state index is -0.253. The highest BCUT2D eigenvalue weighted by Gasteiger charge is 2.12. The van der Waals surface area contributed by atoms with Crippen molar-refractivity contribution in [2.45, 2.75) is 19.8 Å². The Hall–Kier alpha value is -1.84. The van der Waals surface area contributed by atoms with Gasteiger partial charge in [-0.15, -0.1) is 0 Å². The van der Waals surface area contributed by atoms with Crippen molar-refractivity contribution in [2.24, 2.45) is 7.05 Å². The summed E-state index contributed by atoms with van der Waals surface area (Å²) in [5.74, 6) is 1.33. The fraction of sp³-hybridized carbons (Fsp3) is 0.308.